The van der Waals surface area contributed by atoms with Gasteiger partial charge in [-0.1, -0.05) is 30.3 Å². The molecule has 0 saturated carbocycles. The average Bonchev–Trinajstić information content (AvgIpc) is 2.93. The molecular weight excluding hydrogens is 362 g/mol. The SMILES string of the molecule is C=CC[C@@H](CB1OC(C)(C)C(C)(C)O1)c1ccc(B2OC(C)(C)C(C)(C)O2)cc1. The third-order valence-electron chi connectivity index (χ3n) is 7.16. The Morgan fingerprint density at radius 1 is 0.793 bits per heavy atom. The zero-order valence-corrected chi connectivity index (χ0v) is 19.4. The van der Waals surface area contributed by atoms with E-state index in [4.69, 9.17) is 18.6 Å². The van der Waals surface area contributed by atoms with E-state index in [9.17, 15) is 0 Å². The van der Waals surface area contributed by atoms with Crippen molar-refractivity contribution in [2.45, 2.75) is 96.5 Å². The quantitative estimate of drug-likeness (QED) is 0.513. The molecule has 0 radical (unpaired) electrons. The average molecular weight is 398 g/mol. The van der Waals surface area contributed by atoms with Crippen molar-refractivity contribution in [3.63, 3.8) is 0 Å². The topological polar surface area (TPSA) is 36.9 Å². The van der Waals surface area contributed by atoms with E-state index in [2.05, 4.69) is 86.2 Å². The number of allylic oxidation sites excluding steroid dienone is 1. The van der Waals surface area contributed by atoms with Crippen molar-refractivity contribution in [1.82, 2.24) is 0 Å². The van der Waals surface area contributed by atoms with Gasteiger partial charge in [0, 0.05) is 0 Å². The van der Waals surface area contributed by atoms with Crippen LogP contribution in [-0.4, -0.2) is 36.6 Å². The molecule has 2 aliphatic heterocycles. The molecule has 0 N–H and O–H groups in total. The maximum Gasteiger partial charge on any atom is 0.494 e. The molecule has 4 nitrogen and oxygen atoms in total. The maximum absolute atomic E-state index is 6.22. The van der Waals surface area contributed by atoms with Gasteiger partial charge < -0.3 is 18.6 Å². The van der Waals surface area contributed by atoms with Gasteiger partial charge in [0.05, 0.1) is 22.4 Å². The third-order valence-corrected chi connectivity index (χ3v) is 7.16. The van der Waals surface area contributed by atoms with Crippen molar-refractivity contribution in [3.05, 3.63) is 42.5 Å². The Hall–Kier alpha value is -1.07. The summed E-state index contributed by atoms with van der Waals surface area (Å²) < 4.78 is 24.8. The molecule has 0 aliphatic carbocycles. The number of benzene rings is 1. The maximum atomic E-state index is 6.22. The summed E-state index contributed by atoms with van der Waals surface area (Å²) in [5.41, 5.74) is 1.01. The first-order valence-corrected chi connectivity index (χ1v) is 10.7. The molecule has 1 aromatic rings. The van der Waals surface area contributed by atoms with E-state index in [-0.39, 0.29) is 42.6 Å². The lowest BCUT2D eigenvalue weighted by Crippen LogP contribution is -2.41. The molecule has 0 spiro atoms. The van der Waals surface area contributed by atoms with Crippen LogP contribution in [0.3, 0.4) is 0 Å². The number of hydrogen-bond acceptors (Lipinski definition) is 4. The molecule has 0 bridgehead atoms. The van der Waals surface area contributed by atoms with Crippen molar-refractivity contribution in [3.8, 4) is 0 Å². The first kappa shape index (κ1) is 22.6. The largest absolute Gasteiger partial charge is 0.494 e. The van der Waals surface area contributed by atoms with Gasteiger partial charge in [-0.25, -0.2) is 0 Å². The van der Waals surface area contributed by atoms with Crippen molar-refractivity contribution in [2.24, 2.45) is 0 Å². The fourth-order valence-electron chi connectivity index (χ4n) is 3.77. The molecule has 29 heavy (non-hydrogen) atoms. The minimum Gasteiger partial charge on any atom is -0.403 e. The van der Waals surface area contributed by atoms with Crippen molar-refractivity contribution in [1.29, 1.82) is 0 Å². The van der Waals surface area contributed by atoms with Crippen LogP contribution in [0.25, 0.3) is 0 Å². The second kappa shape index (κ2) is 7.56. The van der Waals surface area contributed by atoms with E-state index in [1.165, 1.54) is 5.56 Å². The van der Waals surface area contributed by atoms with Gasteiger partial charge in [0.15, 0.2) is 0 Å². The molecule has 2 saturated heterocycles. The summed E-state index contributed by atoms with van der Waals surface area (Å²) in [4.78, 5) is 0. The molecule has 6 heteroatoms. The van der Waals surface area contributed by atoms with Crippen LogP contribution in [0, 0.1) is 0 Å². The molecular formula is C23H36B2O4. The molecule has 1 aromatic carbocycles. The molecule has 2 fully saturated rings. The predicted octanol–water partition coefficient (Wildman–Crippen LogP) is 4.74. The van der Waals surface area contributed by atoms with Gasteiger partial charge in [0.1, 0.15) is 0 Å². The number of rotatable bonds is 6. The van der Waals surface area contributed by atoms with Crippen LogP contribution in [0.15, 0.2) is 36.9 Å². The highest BCUT2D eigenvalue weighted by molar-refractivity contribution is 6.62. The first-order valence-electron chi connectivity index (χ1n) is 10.7. The van der Waals surface area contributed by atoms with E-state index in [1.54, 1.807) is 0 Å². The fraction of sp³-hybridized carbons (Fsp3) is 0.652. The smallest absolute Gasteiger partial charge is 0.403 e. The molecule has 3 rings (SSSR count). The van der Waals surface area contributed by atoms with E-state index in [1.807, 2.05) is 6.08 Å². The summed E-state index contributed by atoms with van der Waals surface area (Å²) in [7, 11) is -0.553. The van der Waals surface area contributed by atoms with Gasteiger partial charge in [-0.3, -0.25) is 0 Å². The van der Waals surface area contributed by atoms with Gasteiger partial charge in [-0.15, -0.1) is 6.58 Å². The minimum absolute atomic E-state index is 0.215. The lowest BCUT2D eigenvalue weighted by molar-refractivity contribution is 0.00578. The molecule has 158 valence electrons. The fourth-order valence-corrected chi connectivity index (χ4v) is 3.77. The lowest BCUT2D eigenvalue weighted by atomic mass is 9.72. The second-order valence-corrected chi connectivity index (χ2v) is 10.4. The highest BCUT2D eigenvalue weighted by atomic mass is 16.7. The predicted molar refractivity (Wildman–Crippen MR) is 121 cm³/mol. The first-order chi connectivity index (χ1) is 13.3. The van der Waals surface area contributed by atoms with Crippen LogP contribution < -0.4 is 5.46 Å². The molecule has 0 unspecified atom stereocenters. The van der Waals surface area contributed by atoms with Gasteiger partial charge in [-0.2, -0.15) is 0 Å². The van der Waals surface area contributed by atoms with Crippen LogP contribution in [0.1, 0.15) is 73.3 Å². The third kappa shape index (κ3) is 4.36. The molecule has 0 aromatic heterocycles. The number of hydrogen-bond donors (Lipinski definition) is 0. The molecule has 0 amide bonds. The van der Waals surface area contributed by atoms with E-state index >= 15 is 0 Å². The van der Waals surface area contributed by atoms with Crippen molar-refractivity contribution in [2.75, 3.05) is 0 Å². The minimum atomic E-state index is -0.338. The van der Waals surface area contributed by atoms with E-state index in [0.717, 1.165) is 18.2 Å². The Morgan fingerprint density at radius 2 is 1.24 bits per heavy atom. The Labute approximate surface area is 177 Å². The van der Waals surface area contributed by atoms with Gasteiger partial charge >= 0.3 is 14.2 Å². The van der Waals surface area contributed by atoms with Gasteiger partial charge in [0.2, 0.25) is 0 Å². The Morgan fingerprint density at radius 3 is 1.69 bits per heavy atom. The van der Waals surface area contributed by atoms with Crippen LogP contribution in [0.4, 0.5) is 0 Å². The highest BCUT2D eigenvalue weighted by Gasteiger charge is 2.52. The Bertz CT molecular complexity index is 708. The van der Waals surface area contributed by atoms with Crippen LogP contribution in [-0.2, 0) is 18.6 Å². The Balaban J connectivity index is 1.72. The molecule has 2 heterocycles. The zero-order chi connectivity index (χ0) is 21.7. The lowest BCUT2D eigenvalue weighted by Gasteiger charge is -2.32. The van der Waals surface area contributed by atoms with Gasteiger partial charge in [-0.05, 0) is 85.1 Å². The second-order valence-electron chi connectivity index (χ2n) is 10.4. The monoisotopic (exact) mass is 398 g/mol. The zero-order valence-electron chi connectivity index (χ0n) is 19.4. The molecule has 1 atom stereocenters. The standard InChI is InChI=1S/C23H36B2O4/c1-10-11-18(16-24-26-20(2,3)21(4,5)27-24)17-12-14-19(15-13-17)25-28-22(6,7)23(8,9)29-25/h10,12-15,18H,1,11,16H2,2-9H3/t18-/m0/s1. The normalized spacial score (nSPS) is 25.2. The summed E-state index contributed by atoms with van der Waals surface area (Å²) in [6.07, 6.45) is 3.65. The summed E-state index contributed by atoms with van der Waals surface area (Å²) >= 11 is 0. The molecule has 2 aliphatic rings. The summed E-state index contributed by atoms with van der Waals surface area (Å²) in [5.74, 6) is 0.287. The van der Waals surface area contributed by atoms with Gasteiger partial charge in [0.25, 0.3) is 0 Å². The summed E-state index contributed by atoms with van der Waals surface area (Å²) in [5, 5.41) is 0. The van der Waals surface area contributed by atoms with E-state index < -0.39 is 0 Å². The van der Waals surface area contributed by atoms with Crippen molar-refractivity contribution < 1.29 is 18.6 Å². The van der Waals surface area contributed by atoms with Crippen molar-refractivity contribution >= 4 is 19.7 Å². The Kier molecular flexibility index (Phi) is 5.90. The summed E-state index contributed by atoms with van der Waals surface area (Å²) in [6, 6.07) is 8.55. The van der Waals surface area contributed by atoms with E-state index in [0.29, 0.717) is 0 Å². The van der Waals surface area contributed by atoms with Crippen LogP contribution in [0.5, 0.6) is 0 Å². The van der Waals surface area contributed by atoms with Crippen LogP contribution in [0.2, 0.25) is 6.32 Å². The summed E-state index contributed by atoms with van der Waals surface area (Å²) in [6.45, 7) is 20.6. The van der Waals surface area contributed by atoms with Crippen LogP contribution >= 0.6 is 0 Å². The highest BCUT2D eigenvalue weighted by Crippen LogP contribution is 2.40.